The normalized spacial score (nSPS) is 16.2. The van der Waals surface area contributed by atoms with Crippen molar-refractivity contribution in [1.29, 1.82) is 0 Å². The van der Waals surface area contributed by atoms with E-state index in [2.05, 4.69) is 10.3 Å². The monoisotopic (exact) mass is 413 g/mol. The number of nitrogens with zero attached hydrogens (tertiary/aromatic N) is 2. The highest BCUT2D eigenvalue weighted by atomic mass is 32.1. The Morgan fingerprint density at radius 1 is 1.41 bits per heavy atom. The molecule has 0 spiro atoms. The average Bonchev–Trinajstić information content (AvgIpc) is 3.39. The molecule has 1 aliphatic heterocycles. The van der Waals surface area contributed by atoms with Gasteiger partial charge in [0.2, 0.25) is 5.91 Å². The lowest BCUT2D eigenvalue weighted by Gasteiger charge is -2.16. The van der Waals surface area contributed by atoms with E-state index in [4.69, 9.17) is 9.47 Å². The van der Waals surface area contributed by atoms with Crippen LogP contribution in [0.1, 0.15) is 24.8 Å². The van der Waals surface area contributed by atoms with Crippen LogP contribution in [0.3, 0.4) is 0 Å². The largest absolute Gasteiger partial charge is 0.489 e. The minimum Gasteiger partial charge on any atom is -0.489 e. The number of hydrogen-bond donors (Lipinski definition) is 1. The summed E-state index contributed by atoms with van der Waals surface area (Å²) in [6, 6.07) is 7.43. The van der Waals surface area contributed by atoms with E-state index in [1.54, 1.807) is 6.07 Å². The zero-order chi connectivity index (χ0) is 20.2. The van der Waals surface area contributed by atoms with Gasteiger partial charge in [-0.05, 0) is 48.9 Å². The maximum Gasteiger partial charge on any atom is 0.262 e. The van der Waals surface area contributed by atoms with E-state index in [9.17, 15) is 9.59 Å². The van der Waals surface area contributed by atoms with Crippen LogP contribution in [0, 0.1) is 6.92 Å². The van der Waals surface area contributed by atoms with Crippen molar-refractivity contribution in [2.45, 2.75) is 38.8 Å². The Labute approximate surface area is 172 Å². The molecular formula is C21H23N3O4S. The van der Waals surface area contributed by atoms with Gasteiger partial charge in [0.05, 0.1) is 23.5 Å². The van der Waals surface area contributed by atoms with Crippen LogP contribution in [-0.2, 0) is 16.1 Å². The van der Waals surface area contributed by atoms with Crippen LogP contribution in [0.5, 0.6) is 5.75 Å². The first-order chi connectivity index (χ1) is 14.1. The molecule has 1 aromatic carbocycles. The van der Waals surface area contributed by atoms with Crippen molar-refractivity contribution in [2.75, 3.05) is 18.5 Å². The molecule has 3 heterocycles. The second-order valence-electron chi connectivity index (χ2n) is 7.13. The lowest BCUT2D eigenvalue weighted by Crippen LogP contribution is -2.23. The Kier molecular flexibility index (Phi) is 5.92. The van der Waals surface area contributed by atoms with Gasteiger partial charge in [-0.2, -0.15) is 0 Å². The van der Waals surface area contributed by atoms with Crippen molar-refractivity contribution >= 4 is 33.1 Å². The Balaban J connectivity index is 1.39. The minimum absolute atomic E-state index is 0.102. The predicted octanol–water partition coefficient (Wildman–Crippen LogP) is 3.35. The molecule has 1 N–H and O–H groups in total. The average molecular weight is 413 g/mol. The van der Waals surface area contributed by atoms with E-state index in [-0.39, 0.29) is 30.5 Å². The number of ether oxygens (including phenoxy) is 2. The molecule has 1 fully saturated rings. The van der Waals surface area contributed by atoms with Crippen molar-refractivity contribution < 1.29 is 14.3 Å². The number of anilines is 1. The minimum atomic E-state index is -0.187. The molecule has 1 atom stereocenters. The van der Waals surface area contributed by atoms with Crippen molar-refractivity contribution in [3.63, 3.8) is 0 Å². The first-order valence-corrected chi connectivity index (χ1v) is 10.6. The summed E-state index contributed by atoms with van der Waals surface area (Å²) in [5.74, 6) is 0.445. The number of nitrogens with one attached hydrogen (secondary N) is 1. The predicted molar refractivity (Wildman–Crippen MR) is 113 cm³/mol. The third kappa shape index (κ3) is 4.65. The van der Waals surface area contributed by atoms with E-state index >= 15 is 0 Å². The highest BCUT2D eigenvalue weighted by Crippen LogP contribution is 2.27. The van der Waals surface area contributed by atoms with Gasteiger partial charge in [-0.3, -0.25) is 14.2 Å². The van der Waals surface area contributed by atoms with Gasteiger partial charge in [-0.15, -0.1) is 11.3 Å². The molecule has 1 amide bonds. The lowest BCUT2D eigenvalue weighted by atomic mass is 10.2. The van der Waals surface area contributed by atoms with Crippen molar-refractivity contribution in [3.05, 3.63) is 51.9 Å². The zero-order valence-corrected chi connectivity index (χ0v) is 17.0. The number of rotatable bonds is 7. The standard InChI is InChI=1S/C21H23N3O4S/c1-14-4-5-17(18(11-14)28-12-15-3-2-9-27-15)23-19(25)6-8-24-13-22-20-16(21(24)26)7-10-29-20/h4-5,7,10-11,13,15H,2-3,6,8-9,12H2,1H3,(H,23,25). The molecule has 8 heteroatoms. The number of carbonyl (C=O) groups is 1. The quantitative estimate of drug-likeness (QED) is 0.642. The zero-order valence-electron chi connectivity index (χ0n) is 16.2. The van der Waals surface area contributed by atoms with Crippen LogP contribution < -0.4 is 15.6 Å². The molecule has 1 unspecified atom stereocenters. The number of thiophene rings is 1. The summed E-state index contributed by atoms with van der Waals surface area (Å²) < 4.78 is 13.0. The summed E-state index contributed by atoms with van der Waals surface area (Å²) in [4.78, 5) is 29.9. The highest BCUT2D eigenvalue weighted by molar-refractivity contribution is 7.16. The van der Waals surface area contributed by atoms with Crippen LogP contribution >= 0.6 is 11.3 Å². The number of carbonyl (C=O) groups excluding carboxylic acids is 1. The van der Waals surface area contributed by atoms with Crippen molar-refractivity contribution in [1.82, 2.24) is 9.55 Å². The second kappa shape index (κ2) is 8.75. The molecule has 4 rings (SSSR count). The summed E-state index contributed by atoms with van der Waals surface area (Å²) >= 11 is 1.43. The summed E-state index contributed by atoms with van der Waals surface area (Å²) in [5, 5.41) is 5.32. The van der Waals surface area contributed by atoms with Crippen molar-refractivity contribution in [2.24, 2.45) is 0 Å². The van der Waals surface area contributed by atoms with Crippen LogP contribution in [-0.4, -0.2) is 34.8 Å². The Morgan fingerprint density at radius 2 is 2.31 bits per heavy atom. The van der Waals surface area contributed by atoms with Crippen LogP contribution in [0.25, 0.3) is 10.2 Å². The van der Waals surface area contributed by atoms with E-state index in [1.165, 1.54) is 22.2 Å². The fraction of sp³-hybridized carbons (Fsp3) is 0.381. The van der Waals surface area contributed by atoms with Gasteiger partial charge in [-0.25, -0.2) is 4.98 Å². The van der Waals surface area contributed by atoms with Gasteiger partial charge in [0.1, 0.15) is 17.2 Å². The van der Waals surface area contributed by atoms with Crippen molar-refractivity contribution in [3.8, 4) is 5.75 Å². The Morgan fingerprint density at radius 3 is 3.14 bits per heavy atom. The van der Waals surface area contributed by atoms with Gasteiger partial charge in [-0.1, -0.05) is 6.07 Å². The molecule has 3 aromatic rings. The first kappa shape index (κ1) is 19.6. The number of hydrogen-bond acceptors (Lipinski definition) is 6. The van der Waals surface area contributed by atoms with Gasteiger partial charge >= 0.3 is 0 Å². The number of amides is 1. The van der Waals surface area contributed by atoms with Gasteiger partial charge in [0.15, 0.2) is 0 Å². The molecule has 29 heavy (non-hydrogen) atoms. The second-order valence-corrected chi connectivity index (χ2v) is 8.02. The number of aryl methyl sites for hydroxylation is 2. The number of aromatic nitrogens is 2. The Bertz CT molecular complexity index is 1070. The lowest BCUT2D eigenvalue weighted by molar-refractivity contribution is -0.116. The maximum absolute atomic E-state index is 12.5. The van der Waals surface area contributed by atoms with Crippen LogP contribution in [0.15, 0.2) is 40.8 Å². The van der Waals surface area contributed by atoms with Gasteiger partial charge in [0.25, 0.3) is 5.56 Å². The Hall–Kier alpha value is -2.71. The molecule has 0 aliphatic carbocycles. The maximum atomic E-state index is 12.5. The summed E-state index contributed by atoms with van der Waals surface area (Å²) in [7, 11) is 0. The van der Waals surface area contributed by atoms with E-state index in [0.29, 0.717) is 28.3 Å². The molecule has 0 bridgehead atoms. The molecule has 1 aliphatic rings. The SMILES string of the molecule is Cc1ccc(NC(=O)CCn2cnc3sccc3c2=O)c(OCC2CCCO2)c1. The fourth-order valence-corrected chi connectivity index (χ4v) is 4.02. The molecule has 152 valence electrons. The number of benzene rings is 1. The summed E-state index contributed by atoms with van der Waals surface area (Å²) in [6.07, 6.45) is 3.81. The third-order valence-corrected chi connectivity index (χ3v) is 5.71. The first-order valence-electron chi connectivity index (χ1n) is 9.68. The van der Waals surface area contributed by atoms with Crippen LogP contribution in [0.2, 0.25) is 0 Å². The van der Waals surface area contributed by atoms with E-state index in [0.717, 1.165) is 25.0 Å². The summed E-state index contributed by atoms with van der Waals surface area (Å²) in [6.45, 7) is 3.48. The summed E-state index contributed by atoms with van der Waals surface area (Å²) in [5.41, 5.74) is 1.55. The van der Waals surface area contributed by atoms with E-state index in [1.807, 2.05) is 30.5 Å². The molecule has 1 saturated heterocycles. The van der Waals surface area contributed by atoms with Gasteiger partial charge in [0, 0.05) is 19.6 Å². The molecule has 0 radical (unpaired) electrons. The fourth-order valence-electron chi connectivity index (χ4n) is 3.30. The smallest absolute Gasteiger partial charge is 0.262 e. The number of fused-ring (bicyclic) bond motifs is 1. The van der Waals surface area contributed by atoms with Crippen LogP contribution in [0.4, 0.5) is 5.69 Å². The molecule has 2 aromatic heterocycles. The topological polar surface area (TPSA) is 82.5 Å². The highest BCUT2D eigenvalue weighted by Gasteiger charge is 2.17. The van der Waals surface area contributed by atoms with Gasteiger partial charge < -0.3 is 14.8 Å². The third-order valence-electron chi connectivity index (χ3n) is 4.89. The molecular weight excluding hydrogens is 390 g/mol. The van der Waals surface area contributed by atoms with E-state index < -0.39 is 0 Å². The molecule has 7 nitrogen and oxygen atoms in total. The molecule has 0 saturated carbocycles.